The minimum atomic E-state index is -0.655. The highest BCUT2D eigenvalue weighted by molar-refractivity contribution is 5.86. The third-order valence-corrected chi connectivity index (χ3v) is 13.3. The van der Waals surface area contributed by atoms with Crippen LogP contribution in [0.25, 0.3) is 11.1 Å². The van der Waals surface area contributed by atoms with Crippen LogP contribution in [0.4, 0.5) is 4.79 Å². The summed E-state index contributed by atoms with van der Waals surface area (Å²) in [6.45, 7) is 14.4. The first-order chi connectivity index (χ1) is 32.3. The molecule has 2 heterocycles. The highest BCUT2D eigenvalue weighted by atomic mass is 16.6. The van der Waals surface area contributed by atoms with Crippen molar-refractivity contribution in [2.24, 2.45) is 10.8 Å². The predicted octanol–water partition coefficient (Wildman–Crippen LogP) is 8.89. The van der Waals surface area contributed by atoms with Crippen LogP contribution in [0.3, 0.4) is 0 Å². The van der Waals surface area contributed by atoms with Crippen LogP contribution >= 0.6 is 0 Å². The molecule has 0 radical (unpaired) electrons. The molecule has 2 N–H and O–H groups in total. The molecule has 2 unspecified atom stereocenters. The lowest BCUT2D eigenvalue weighted by Gasteiger charge is -2.40. The van der Waals surface area contributed by atoms with Crippen molar-refractivity contribution in [2.75, 3.05) is 85.7 Å². The molecule has 1 amide bonds. The molecule has 3 aliphatic rings. The molecule has 2 fully saturated rings. The molecule has 0 saturated carbocycles. The summed E-state index contributed by atoms with van der Waals surface area (Å²) >= 11 is 0. The molecule has 2 aliphatic heterocycles. The second-order valence-corrected chi connectivity index (χ2v) is 18.2. The zero-order valence-electron chi connectivity index (χ0n) is 39.4. The van der Waals surface area contributed by atoms with E-state index in [1.165, 1.54) is 22.3 Å². The maximum absolute atomic E-state index is 12.9. The fourth-order valence-electron chi connectivity index (χ4n) is 8.89. The average Bonchev–Trinajstić information content (AvgIpc) is 3.62. The van der Waals surface area contributed by atoms with Gasteiger partial charge in [-0.3, -0.25) is 4.79 Å². The van der Waals surface area contributed by atoms with Gasteiger partial charge in [-0.05, 0) is 89.9 Å². The molecule has 0 bridgehead atoms. The number of carbonyl (C=O) groups is 2. The number of unbranched alkanes of at least 4 members (excludes halogenated alkanes) is 2. The lowest BCUT2D eigenvalue weighted by molar-refractivity contribution is -0.167. The quantitative estimate of drug-likeness (QED) is 0.0369. The zero-order valence-corrected chi connectivity index (χ0v) is 39.4. The number of benzene rings is 4. The summed E-state index contributed by atoms with van der Waals surface area (Å²) in [4.78, 5) is 25.6. The van der Waals surface area contributed by atoms with Crippen molar-refractivity contribution in [3.8, 4) is 22.6 Å². The Morgan fingerprint density at radius 2 is 1.06 bits per heavy atom. The summed E-state index contributed by atoms with van der Waals surface area (Å²) < 4.78 is 47.6. The van der Waals surface area contributed by atoms with Gasteiger partial charge in [0.1, 0.15) is 24.7 Å². The lowest BCUT2D eigenvalue weighted by atomic mass is 9.68. The predicted molar refractivity (Wildman–Crippen MR) is 254 cm³/mol. The van der Waals surface area contributed by atoms with Gasteiger partial charge in [0.25, 0.3) is 0 Å². The van der Waals surface area contributed by atoms with Gasteiger partial charge < -0.3 is 48.5 Å². The van der Waals surface area contributed by atoms with E-state index in [1.807, 2.05) is 24.3 Å². The number of esters is 1. The van der Waals surface area contributed by atoms with Gasteiger partial charge in [-0.1, -0.05) is 113 Å². The topological polar surface area (TPSA) is 132 Å². The van der Waals surface area contributed by atoms with Crippen molar-refractivity contribution in [3.05, 3.63) is 119 Å². The van der Waals surface area contributed by atoms with Crippen LogP contribution in [-0.4, -0.2) is 110 Å². The van der Waals surface area contributed by atoms with Gasteiger partial charge in [0.2, 0.25) is 0 Å². The summed E-state index contributed by atoms with van der Waals surface area (Å²) in [5.41, 5.74) is 6.21. The largest absolute Gasteiger partial charge is 0.490 e. The fraction of sp³-hybridized carbons (Fsp3) is 0.519. The Bertz CT molecular complexity index is 2080. The Labute approximate surface area is 391 Å². The van der Waals surface area contributed by atoms with E-state index < -0.39 is 23.7 Å². The van der Waals surface area contributed by atoms with E-state index in [9.17, 15) is 9.59 Å². The van der Waals surface area contributed by atoms with Crippen LogP contribution in [0.5, 0.6) is 11.5 Å². The normalized spacial score (nSPS) is 17.0. The molecule has 0 aromatic heterocycles. The lowest BCUT2D eigenvalue weighted by Crippen LogP contribution is -2.46. The minimum Gasteiger partial charge on any atom is -0.490 e. The number of hydrogen-bond donors (Lipinski definition) is 2. The smallest absolute Gasteiger partial charge is 0.407 e. The molecule has 4 aromatic carbocycles. The number of fused-ring (bicyclic) bond motifs is 3. The van der Waals surface area contributed by atoms with Crippen molar-refractivity contribution in [2.45, 2.75) is 83.8 Å². The second kappa shape index (κ2) is 23.7. The van der Waals surface area contributed by atoms with Gasteiger partial charge in [0, 0.05) is 17.4 Å². The SMILES string of the molecule is CCCCNCC(=O)OC(COCC1(CC)COC1)COc1ccc(C2(c3ccc(OCC(COCC4(CC)COC4)OC(=O)NCCCC)cc3)c3ccccc3-c3ccccc32)cc1. The molecule has 1 aliphatic carbocycles. The summed E-state index contributed by atoms with van der Waals surface area (Å²) in [6, 6.07) is 33.6. The Hall–Kier alpha value is -4.98. The van der Waals surface area contributed by atoms with Crippen LogP contribution in [0, 0.1) is 10.8 Å². The first kappa shape index (κ1) is 48.9. The van der Waals surface area contributed by atoms with Crippen LogP contribution in [0.2, 0.25) is 0 Å². The van der Waals surface area contributed by atoms with Crippen molar-refractivity contribution >= 4 is 12.1 Å². The summed E-state index contributed by atoms with van der Waals surface area (Å²) in [7, 11) is 0. The van der Waals surface area contributed by atoms with E-state index >= 15 is 0 Å². The number of amides is 1. The maximum Gasteiger partial charge on any atom is 0.407 e. The molecule has 2 atom stereocenters. The van der Waals surface area contributed by atoms with E-state index in [0.29, 0.717) is 57.7 Å². The van der Waals surface area contributed by atoms with Gasteiger partial charge in [-0.25, -0.2) is 4.79 Å². The third kappa shape index (κ3) is 11.8. The number of nitrogens with one attached hydrogen (secondary N) is 2. The zero-order chi connectivity index (χ0) is 46.2. The highest BCUT2D eigenvalue weighted by Gasteiger charge is 2.46. The van der Waals surface area contributed by atoms with Crippen molar-refractivity contribution < 1.29 is 47.5 Å². The molecule has 2 saturated heterocycles. The van der Waals surface area contributed by atoms with Crippen LogP contribution in [0.1, 0.15) is 88.5 Å². The number of rotatable bonds is 28. The Balaban J connectivity index is 1.08. The van der Waals surface area contributed by atoms with Crippen molar-refractivity contribution in [1.29, 1.82) is 0 Å². The molecular formula is C54H70N2O10. The van der Waals surface area contributed by atoms with Gasteiger partial charge >= 0.3 is 12.1 Å². The first-order valence-electron chi connectivity index (χ1n) is 24.1. The highest BCUT2D eigenvalue weighted by Crippen LogP contribution is 2.56. The number of alkyl carbamates (subject to hydrolysis) is 1. The molecule has 12 heteroatoms. The Kier molecular flexibility index (Phi) is 17.5. The van der Waals surface area contributed by atoms with E-state index in [-0.39, 0.29) is 49.8 Å². The molecule has 12 nitrogen and oxygen atoms in total. The summed E-state index contributed by atoms with van der Waals surface area (Å²) in [6.07, 6.45) is 4.11. The molecule has 4 aromatic rings. The van der Waals surface area contributed by atoms with E-state index in [2.05, 4.69) is 111 Å². The van der Waals surface area contributed by atoms with Gasteiger partial charge in [-0.15, -0.1) is 0 Å². The van der Waals surface area contributed by atoms with Gasteiger partial charge in [0.15, 0.2) is 12.2 Å². The third-order valence-electron chi connectivity index (χ3n) is 13.3. The minimum absolute atomic E-state index is 0.00900. The van der Waals surface area contributed by atoms with E-state index in [4.69, 9.17) is 37.9 Å². The van der Waals surface area contributed by atoms with Crippen molar-refractivity contribution in [1.82, 2.24) is 10.6 Å². The number of carbonyl (C=O) groups excluding carboxylic acids is 2. The van der Waals surface area contributed by atoms with Crippen LogP contribution < -0.4 is 20.1 Å². The van der Waals surface area contributed by atoms with Gasteiger partial charge in [0.05, 0.1) is 64.8 Å². The monoisotopic (exact) mass is 907 g/mol. The second-order valence-electron chi connectivity index (χ2n) is 18.2. The van der Waals surface area contributed by atoms with E-state index in [0.717, 1.165) is 56.2 Å². The van der Waals surface area contributed by atoms with Crippen LogP contribution in [0.15, 0.2) is 97.1 Å². The van der Waals surface area contributed by atoms with Crippen molar-refractivity contribution in [3.63, 3.8) is 0 Å². The average molecular weight is 907 g/mol. The van der Waals surface area contributed by atoms with Gasteiger partial charge in [-0.2, -0.15) is 0 Å². The molecular weight excluding hydrogens is 837 g/mol. The Morgan fingerprint density at radius 1 is 0.591 bits per heavy atom. The first-order valence-corrected chi connectivity index (χ1v) is 24.1. The van der Waals surface area contributed by atoms with Crippen LogP contribution in [-0.2, 0) is 38.6 Å². The standard InChI is InChI=1S/C54H70N2O10/c1-5-9-27-55-29-50(57)65-44(30-59-34-52(7-3)36-61-37-52)32-63-42-23-19-40(20-24-42)54(48-17-13-11-15-46(48)47-16-12-14-18-49(47)54)41-21-25-43(26-22-41)64-33-45(66-51(58)56-28-10-6-2)31-60-35-53(8-4)38-62-39-53/h11-26,44-45,55H,5-10,27-39H2,1-4H3,(H,56,58). The Morgan fingerprint density at radius 3 is 1.52 bits per heavy atom. The molecule has 7 rings (SSSR count). The number of hydrogen-bond acceptors (Lipinski definition) is 11. The molecule has 66 heavy (non-hydrogen) atoms. The maximum atomic E-state index is 12.9. The number of ether oxygens (including phenoxy) is 8. The molecule has 356 valence electrons. The van der Waals surface area contributed by atoms with E-state index in [1.54, 1.807) is 0 Å². The molecule has 0 spiro atoms. The summed E-state index contributed by atoms with van der Waals surface area (Å²) in [5, 5.41) is 6.02. The fourth-order valence-corrected chi connectivity index (χ4v) is 8.89. The summed E-state index contributed by atoms with van der Waals surface area (Å²) in [5.74, 6) is 0.971.